The summed E-state index contributed by atoms with van der Waals surface area (Å²) in [7, 11) is 1.45. The SMILES string of the molecule is COc1cc(/C=C/C(=O)OCC(=O)c2ccccc2)ccc1OCC(N)=O. The molecular formula is C20H19NO6. The molecule has 0 aliphatic heterocycles. The predicted molar refractivity (Wildman–Crippen MR) is 98.4 cm³/mol. The van der Waals surface area contributed by atoms with Gasteiger partial charge in [-0.15, -0.1) is 0 Å². The van der Waals surface area contributed by atoms with Gasteiger partial charge in [0.25, 0.3) is 5.91 Å². The molecule has 2 aromatic rings. The molecule has 1 amide bonds. The van der Waals surface area contributed by atoms with Crippen LogP contribution >= 0.6 is 0 Å². The number of rotatable bonds is 9. The summed E-state index contributed by atoms with van der Waals surface area (Å²) in [6.45, 7) is -0.607. The highest BCUT2D eigenvalue weighted by atomic mass is 16.5. The Hall–Kier alpha value is -3.61. The van der Waals surface area contributed by atoms with Gasteiger partial charge in [0, 0.05) is 11.6 Å². The van der Waals surface area contributed by atoms with Gasteiger partial charge in [0.1, 0.15) is 0 Å². The maximum Gasteiger partial charge on any atom is 0.331 e. The molecule has 2 N–H and O–H groups in total. The van der Waals surface area contributed by atoms with Gasteiger partial charge >= 0.3 is 5.97 Å². The third-order valence-corrected chi connectivity index (χ3v) is 3.41. The number of amides is 1. The number of carbonyl (C=O) groups is 3. The number of nitrogens with two attached hydrogens (primary N) is 1. The van der Waals surface area contributed by atoms with Crippen LogP contribution in [0, 0.1) is 0 Å². The smallest absolute Gasteiger partial charge is 0.331 e. The number of hydrogen-bond acceptors (Lipinski definition) is 6. The maximum atomic E-state index is 11.9. The van der Waals surface area contributed by atoms with Crippen molar-refractivity contribution in [2.24, 2.45) is 5.73 Å². The summed E-state index contributed by atoms with van der Waals surface area (Å²) >= 11 is 0. The molecule has 27 heavy (non-hydrogen) atoms. The molecule has 2 aromatic carbocycles. The summed E-state index contributed by atoms with van der Waals surface area (Å²) in [4.78, 5) is 34.5. The van der Waals surface area contributed by atoms with Gasteiger partial charge < -0.3 is 19.9 Å². The Morgan fingerprint density at radius 3 is 2.41 bits per heavy atom. The normalized spacial score (nSPS) is 10.4. The molecule has 0 radical (unpaired) electrons. The van der Waals surface area contributed by atoms with Crippen LogP contribution in [0.2, 0.25) is 0 Å². The lowest BCUT2D eigenvalue weighted by molar-refractivity contribution is -0.136. The summed E-state index contributed by atoms with van der Waals surface area (Å²) in [6, 6.07) is 13.4. The molecule has 2 rings (SSSR count). The molecule has 7 heteroatoms. The van der Waals surface area contributed by atoms with E-state index in [4.69, 9.17) is 19.9 Å². The minimum Gasteiger partial charge on any atom is -0.493 e. The van der Waals surface area contributed by atoms with Crippen molar-refractivity contribution in [3.05, 3.63) is 65.7 Å². The highest BCUT2D eigenvalue weighted by Gasteiger charge is 2.09. The van der Waals surface area contributed by atoms with Crippen molar-refractivity contribution in [2.75, 3.05) is 20.3 Å². The van der Waals surface area contributed by atoms with E-state index in [1.807, 2.05) is 0 Å². The molecule has 0 heterocycles. The molecule has 0 aliphatic carbocycles. The standard InChI is InChI=1S/C20H19NO6/c1-25-18-11-14(7-9-17(18)26-13-19(21)23)8-10-20(24)27-12-16(22)15-5-3-2-4-6-15/h2-11H,12-13H2,1H3,(H2,21,23)/b10-8+. The minimum absolute atomic E-state index is 0.271. The van der Waals surface area contributed by atoms with E-state index in [0.717, 1.165) is 0 Å². The van der Waals surface area contributed by atoms with E-state index in [9.17, 15) is 14.4 Å². The molecule has 7 nitrogen and oxygen atoms in total. The van der Waals surface area contributed by atoms with Gasteiger partial charge in [-0.25, -0.2) is 4.79 Å². The van der Waals surface area contributed by atoms with Crippen LogP contribution in [0.4, 0.5) is 0 Å². The van der Waals surface area contributed by atoms with Crippen molar-refractivity contribution in [1.29, 1.82) is 0 Å². The maximum absolute atomic E-state index is 11.9. The molecule has 0 saturated carbocycles. The number of Topliss-reactive ketones (excluding diaryl/α,β-unsaturated/α-hetero) is 1. The fourth-order valence-electron chi connectivity index (χ4n) is 2.11. The van der Waals surface area contributed by atoms with E-state index in [1.165, 1.54) is 19.3 Å². The van der Waals surface area contributed by atoms with Crippen LogP contribution in [-0.4, -0.2) is 38.0 Å². The fraction of sp³-hybridized carbons (Fsp3) is 0.150. The third kappa shape index (κ3) is 6.32. The van der Waals surface area contributed by atoms with Gasteiger partial charge in [0.05, 0.1) is 7.11 Å². The van der Waals surface area contributed by atoms with Crippen LogP contribution in [0.15, 0.2) is 54.6 Å². The molecule has 0 spiro atoms. The quantitative estimate of drug-likeness (QED) is 0.412. The van der Waals surface area contributed by atoms with Gasteiger partial charge in [-0.1, -0.05) is 36.4 Å². The molecule has 0 atom stereocenters. The van der Waals surface area contributed by atoms with E-state index < -0.39 is 11.9 Å². The van der Waals surface area contributed by atoms with Crippen molar-refractivity contribution in [2.45, 2.75) is 0 Å². The third-order valence-electron chi connectivity index (χ3n) is 3.41. The van der Waals surface area contributed by atoms with Crippen LogP contribution in [0.5, 0.6) is 11.5 Å². The lowest BCUT2D eigenvalue weighted by Crippen LogP contribution is -2.20. The monoisotopic (exact) mass is 369 g/mol. The zero-order chi connectivity index (χ0) is 19.6. The van der Waals surface area contributed by atoms with Gasteiger partial charge in [0.15, 0.2) is 30.5 Å². The molecular weight excluding hydrogens is 350 g/mol. The fourth-order valence-corrected chi connectivity index (χ4v) is 2.11. The van der Waals surface area contributed by atoms with Crippen LogP contribution < -0.4 is 15.2 Å². The topological polar surface area (TPSA) is 105 Å². The molecule has 0 unspecified atom stereocenters. The van der Waals surface area contributed by atoms with Crippen LogP contribution in [0.25, 0.3) is 6.08 Å². The number of carbonyl (C=O) groups excluding carboxylic acids is 3. The zero-order valence-corrected chi connectivity index (χ0v) is 14.7. The molecule has 140 valence electrons. The van der Waals surface area contributed by atoms with E-state index in [-0.39, 0.29) is 19.0 Å². The Morgan fingerprint density at radius 2 is 1.74 bits per heavy atom. The number of benzene rings is 2. The number of ether oxygens (including phenoxy) is 3. The lowest BCUT2D eigenvalue weighted by atomic mass is 10.1. The molecule has 0 bridgehead atoms. The molecule has 0 aromatic heterocycles. The van der Waals surface area contributed by atoms with Crippen LogP contribution in [-0.2, 0) is 14.3 Å². The summed E-state index contributed by atoms with van der Waals surface area (Å²) in [5.74, 6) is -0.799. The van der Waals surface area contributed by atoms with E-state index in [0.29, 0.717) is 22.6 Å². The van der Waals surface area contributed by atoms with Crippen molar-refractivity contribution >= 4 is 23.7 Å². The van der Waals surface area contributed by atoms with E-state index in [2.05, 4.69) is 0 Å². The van der Waals surface area contributed by atoms with Crippen LogP contribution in [0.1, 0.15) is 15.9 Å². The van der Waals surface area contributed by atoms with Crippen molar-refractivity contribution < 1.29 is 28.6 Å². The van der Waals surface area contributed by atoms with E-state index >= 15 is 0 Å². The van der Waals surface area contributed by atoms with Gasteiger partial charge in [0.2, 0.25) is 0 Å². The highest BCUT2D eigenvalue weighted by molar-refractivity contribution is 5.98. The highest BCUT2D eigenvalue weighted by Crippen LogP contribution is 2.28. The second-order valence-corrected chi connectivity index (χ2v) is 5.40. The van der Waals surface area contributed by atoms with Gasteiger partial charge in [-0.3, -0.25) is 9.59 Å². The molecule has 0 aliphatic rings. The predicted octanol–water partition coefficient (Wildman–Crippen LogP) is 2.00. The second-order valence-electron chi connectivity index (χ2n) is 5.40. The minimum atomic E-state index is -0.646. The Bertz CT molecular complexity index is 845. The molecule has 0 saturated heterocycles. The Labute approximate surface area is 156 Å². The number of primary amides is 1. The van der Waals surface area contributed by atoms with Gasteiger partial charge in [-0.2, -0.15) is 0 Å². The number of esters is 1. The van der Waals surface area contributed by atoms with Crippen LogP contribution in [0.3, 0.4) is 0 Å². The summed E-state index contributed by atoms with van der Waals surface area (Å²) < 4.78 is 15.3. The first-order valence-electron chi connectivity index (χ1n) is 8.02. The number of ketones is 1. The summed E-state index contributed by atoms with van der Waals surface area (Å²) in [5.41, 5.74) is 6.16. The first kappa shape index (κ1) is 19.7. The van der Waals surface area contributed by atoms with Gasteiger partial charge in [-0.05, 0) is 23.8 Å². The Balaban J connectivity index is 1.93. The first-order chi connectivity index (χ1) is 13.0. The largest absolute Gasteiger partial charge is 0.493 e. The second kappa shape index (κ2) is 9.76. The lowest BCUT2D eigenvalue weighted by Gasteiger charge is -2.09. The first-order valence-corrected chi connectivity index (χ1v) is 8.02. The van der Waals surface area contributed by atoms with Crippen molar-refractivity contribution in [3.8, 4) is 11.5 Å². The average Bonchev–Trinajstić information content (AvgIpc) is 2.69. The van der Waals surface area contributed by atoms with Crippen molar-refractivity contribution in [1.82, 2.24) is 0 Å². The summed E-state index contributed by atoms with van der Waals surface area (Å²) in [6.07, 6.45) is 2.71. The van der Waals surface area contributed by atoms with Crippen molar-refractivity contribution in [3.63, 3.8) is 0 Å². The Kier molecular flexibility index (Phi) is 7.13. The number of methoxy groups -OCH3 is 1. The van der Waals surface area contributed by atoms with E-state index in [1.54, 1.807) is 48.5 Å². The number of hydrogen-bond donors (Lipinski definition) is 1. The Morgan fingerprint density at radius 1 is 1.00 bits per heavy atom. The zero-order valence-electron chi connectivity index (χ0n) is 14.7. The molecule has 0 fully saturated rings. The average molecular weight is 369 g/mol. The summed E-state index contributed by atoms with van der Waals surface area (Å²) in [5, 5.41) is 0.